The monoisotopic (exact) mass is 521 g/mol. The molecule has 0 fully saturated rings. The molecule has 5 nitrogen and oxygen atoms in total. The van der Waals surface area contributed by atoms with Gasteiger partial charge in [-0.25, -0.2) is 14.2 Å². The predicted molar refractivity (Wildman–Crippen MR) is 114 cm³/mol. The Morgan fingerprint density at radius 3 is 2.78 bits per heavy atom. The van der Waals surface area contributed by atoms with Crippen LogP contribution in [-0.4, -0.2) is 26.5 Å². The number of alkyl halides is 1. The van der Waals surface area contributed by atoms with E-state index in [2.05, 4.69) is 32.9 Å². The summed E-state index contributed by atoms with van der Waals surface area (Å²) in [6, 6.07) is 6.59. The van der Waals surface area contributed by atoms with Gasteiger partial charge in [-0.3, -0.25) is 0 Å². The summed E-state index contributed by atoms with van der Waals surface area (Å²) < 4.78 is 17.8. The maximum absolute atomic E-state index is 15.1. The lowest BCUT2D eigenvalue weighted by atomic mass is 10.1. The van der Waals surface area contributed by atoms with E-state index in [4.69, 9.17) is 23.2 Å². The summed E-state index contributed by atoms with van der Waals surface area (Å²) in [6.07, 6.45) is 3.10. The lowest BCUT2D eigenvalue weighted by Gasteiger charge is -2.13. The molecule has 0 saturated heterocycles. The highest BCUT2D eigenvalue weighted by molar-refractivity contribution is 14.1. The van der Waals surface area contributed by atoms with Gasteiger partial charge in [0.05, 0.1) is 33.8 Å². The van der Waals surface area contributed by atoms with E-state index in [1.807, 2.05) is 0 Å². The maximum atomic E-state index is 15.1. The van der Waals surface area contributed by atoms with Gasteiger partial charge in [-0.1, -0.05) is 11.6 Å². The van der Waals surface area contributed by atoms with Crippen molar-refractivity contribution in [1.82, 2.24) is 9.55 Å². The average molecular weight is 522 g/mol. The van der Waals surface area contributed by atoms with Crippen LogP contribution in [0.25, 0.3) is 11.0 Å². The number of halogens is 4. The molecule has 9 heteroatoms. The summed E-state index contributed by atoms with van der Waals surface area (Å²) in [6.45, 7) is 0.581. The third-order valence-corrected chi connectivity index (χ3v) is 5.31. The van der Waals surface area contributed by atoms with E-state index in [9.17, 15) is 9.90 Å². The first-order valence-corrected chi connectivity index (χ1v) is 10.1. The fraction of sp³-hybridized carbons (Fsp3) is 0.222. The minimum Gasteiger partial charge on any atom is -0.478 e. The standard InChI is InChI=1S/C18H15Cl2FIN3O2/c19-5-1-2-6-25-9-23-17-14(25)8-11(18(26)27)16(15(17)21)24-13-4-3-10(22)7-12(13)20/h3-4,7-9,24H,1-2,5-6H2,(H,26,27). The van der Waals surface area contributed by atoms with Gasteiger partial charge in [0, 0.05) is 16.0 Å². The van der Waals surface area contributed by atoms with Crippen LogP contribution in [0.2, 0.25) is 5.02 Å². The topological polar surface area (TPSA) is 67.1 Å². The van der Waals surface area contributed by atoms with Gasteiger partial charge in [-0.05, 0) is 59.7 Å². The van der Waals surface area contributed by atoms with Crippen molar-refractivity contribution >= 4 is 74.2 Å². The Balaban J connectivity index is 2.08. The molecule has 0 saturated carbocycles. The number of rotatable bonds is 7. The second-order valence-corrected chi connectivity index (χ2v) is 7.90. The number of unbranched alkanes of at least 4 members (excludes halogenated alkanes) is 1. The van der Waals surface area contributed by atoms with Crippen LogP contribution in [0.4, 0.5) is 15.8 Å². The molecule has 0 aliphatic heterocycles. The summed E-state index contributed by atoms with van der Waals surface area (Å²) in [5, 5.41) is 12.8. The van der Waals surface area contributed by atoms with Gasteiger partial charge in [0.25, 0.3) is 0 Å². The number of fused-ring (bicyclic) bond motifs is 1. The number of carboxylic acids is 1. The summed E-state index contributed by atoms with van der Waals surface area (Å²) >= 11 is 14.0. The van der Waals surface area contributed by atoms with Gasteiger partial charge in [0.1, 0.15) is 5.52 Å². The largest absolute Gasteiger partial charge is 0.478 e. The highest BCUT2D eigenvalue weighted by atomic mass is 127. The molecular weight excluding hydrogens is 507 g/mol. The first-order valence-electron chi connectivity index (χ1n) is 8.11. The number of aromatic nitrogens is 2. The smallest absolute Gasteiger partial charge is 0.338 e. The van der Waals surface area contributed by atoms with Gasteiger partial charge < -0.3 is 15.0 Å². The van der Waals surface area contributed by atoms with Crippen LogP contribution in [0.1, 0.15) is 23.2 Å². The third-order valence-electron chi connectivity index (χ3n) is 4.06. The number of hydrogen-bond acceptors (Lipinski definition) is 3. The van der Waals surface area contributed by atoms with E-state index in [0.29, 0.717) is 28.7 Å². The van der Waals surface area contributed by atoms with Gasteiger partial charge in [0.2, 0.25) is 0 Å². The zero-order chi connectivity index (χ0) is 19.6. The van der Waals surface area contributed by atoms with E-state index in [0.717, 1.165) is 16.4 Å². The highest BCUT2D eigenvalue weighted by Crippen LogP contribution is 2.34. The van der Waals surface area contributed by atoms with Crippen molar-refractivity contribution < 1.29 is 14.3 Å². The number of nitrogens with one attached hydrogen (secondary N) is 1. The summed E-state index contributed by atoms with van der Waals surface area (Å²) in [7, 11) is 0. The molecule has 0 spiro atoms. The number of aryl methyl sites for hydroxylation is 1. The van der Waals surface area contributed by atoms with Crippen LogP contribution in [0, 0.1) is 9.39 Å². The number of carbonyl (C=O) groups is 1. The average Bonchev–Trinajstić information content (AvgIpc) is 3.02. The molecule has 0 radical (unpaired) electrons. The van der Waals surface area contributed by atoms with Crippen LogP contribution in [0.5, 0.6) is 0 Å². The van der Waals surface area contributed by atoms with Crippen LogP contribution < -0.4 is 5.32 Å². The van der Waals surface area contributed by atoms with E-state index in [1.54, 1.807) is 22.8 Å². The number of aromatic carboxylic acids is 1. The molecule has 0 atom stereocenters. The molecule has 2 aromatic carbocycles. The van der Waals surface area contributed by atoms with Gasteiger partial charge in [-0.15, -0.1) is 11.6 Å². The summed E-state index contributed by atoms with van der Waals surface area (Å²) in [5.74, 6) is -1.43. The van der Waals surface area contributed by atoms with Gasteiger partial charge in [0.15, 0.2) is 5.82 Å². The summed E-state index contributed by atoms with van der Waals surface area (Å²) in [4.78, 5) is 15.9. The van der Waals surface area contributed by atoms with E-state index < -0.39 is 11.8 Å². The van der Waals surface area contributed by atoms with Crippen LogP contribution >= 0.6 is 45.8 Å². The molecule has 0 aliphatic rings. The Hall–Kier alpha value is -1.58. The quantitative estimate of drug-likeness (QED) is 0.231. The number of benzene rings is 2. The van der Waals surface area contributed by atoms with Crippen molar-refractivity contribution in [3.05, 3.63) is 50.6 Å². The molecule has 0 amide bonds. The zero-order valence-electron chi connectivity index (χ0n) is 14.0. The minimum atomic E-state index is -1.24. The molecule has 0 bridgehead atoms. The first kappa shape index (κ1) is 20.2. The number of nitrogens with zero attached hydrogens (tertiary/aromatic N) is 2. The van der Waals surface area contributed by atoms with Crippen molar-refractivity contribution in [2.45, 2.75) is 19.4 Å². The van der Waals surface area contributed by atoms with Crippen molar-refractivity contribution in [3.63, 3.8) is 0 Å². The number of imidazole rings is 1. The molecule has 0 unspecified atom stereocenters. The predicted octanol–water partition coefficient (Wildman–Crippen LogP) is 5.89. The molecule has 142 valence electrons. The molecule has 3 rings (SSSR count). The number of carboxylic acid groups (broad SMARTS) is 1. The van der Waals surface area contributed by atoms with Gasteiger partial charge >= 0.3 is 5.97 Å². The minimum absolute atomic E-state index is 0.106. The Morgan fingerprint density at radius 1 is 1.33 bits per heavy atom. The van der Waals surface area contributed by atoms with Crippen LogP contribution in [0.3, 0.4) is 0 Å². The Morgan fingerprint density at radius 2 is 2.11 bits per heavy atom. The van der Waals surface area contributed by atoms with Crippen molar-refractivity contribution in [2.75, 3.05) is 11.2 Å². The van der Waals surface area contributed by atoms with Crippen molar-refractivity contribution in [2.24, 2.45) is 0 Å². The van der Waals surface area contributed by atoms with Crippen LogP contribution in [-0.2, 0) is 6.54 Å². The normalized spacial score (nSPS) is 11.1. The second-order valence-electron chi connectivity index (χ2n) is 5.87. The molecule has 27 heavy (non-hydrogen) atoms. The molecule has 0 aliphatic carbocycles. The lowest BCUT2D eigenvalue weighted by molar-refractivity contribution is 0.0697. The van der Waals surface area contributed by atoms with Crippen molar-refractivity contribution in [3.8, 4) is 0 Å². The Bertz CT molecular complexity index is 1010. The van der Waals surface area contributed by atoms with E-state index in [1.165, 1.54) is 12.4 Å². The number of hydrogen-bond donors (Lipinski definition) is 2. The molecule has 3 aromatic rings. The second kappa shape index (κ2) is 8.62. The Kier molecular flexibility index (Phi) is 6.44. The SMILES string of the molecule is O=C(O)c1cc2c(ncn2CCCCCl)c(F)c1Nc1ccc(I)cc1Cl. The lowest BCUT2D eigenvalue weighted by Crippen LogP contribution is -2.07. The molecule has 2 N–H and O–H groups in total. The van der Waals surface area contributed by atoms with E-state index >= 15 is 4.39 Å². The fourth-order valence-electron chi connectivity index (χ4n) is 2.73. The number of anilines is 2. The van der Waals surface area contributed by atoms with Crippen LogP contribution in [0.15, 0.2) is 30.6 Å². The summed E-state index contributed by atoms with van der Waals surface area (Å²) in [5.41, 5.74) is 0.603. The highest BCUT2D eigenvalue weighted by Gasteiger charge is 2.22. The maximum Gasteiger partial charge on any atom is 0.338 e. The van der Waals surface area contributed by atoms with Crippen molar-refractivity contribution in [1.29, 1.82) is 0 Å². The Labute approximate surface area is 178 Å². The van der Waals surface area contributed by atoms with E-state index in [-0.39, 0.29) is 16.8 Å². The molecule has 1 heterocycles. The zero-order valence-corrected chi connectivity index (χ0v) is 17.6. The van der Waals surface area contributed by atoms with Gasteiger partial charge in [-0.2, -0.15) is 0 Å². The molecular formula is C18H15Cl2FIN3O2. The molecule has 1 aromatic heterocycles. The first-order chi connectivity index (χ1) is 12.9. The fourth-order valence-corrected chi connectivity index (χ4v) is 3.82. The third kappa shape index (κ3) is 4.30.